The SMILES string of the molecule is COCCOCCc1ncc(CNCC(C)C)cn1. The second-order valence-corrected chi connectivity index (χ2v) is 4.89. The van der Waals surface area contributed by atoms with E-state index < -0.39 is 0 Å². The summed E-state index contributed by atoms with van der Waals surface area (Å²) in [5.74, 6) is 1.48. The van der Waals surface area contributed by atoms with Gasteiger partial charge in [-0.15, -0.1) is 0 Å². The Morgan fingerprint density at radius 2 is 1.89 bits per heavy atom. The van der Waals surface area contributed by atoms with Gasteiger partial charge in [0.05, 0.1) is 19.8 Å². The standard InChI is InChI=1S/C14H25N3O2/c1-12(2)8-15-9-13-10-16-14(17-11-13)4-5-19-7-6-18-3/h10-12,15H,4-9H2,1-3H3. The Labute approximate surface area is 115 Å². The van der Waals surface area contributed by atoms with Crippen LogP contribution in [0.2, 0.25) is 0 Å². The van der Waals surface area contributed by atoms with Gasteiger partial charge in [0.15, 0.2) is 0 Å². The molecule has 19 heavy (non-hydrogen) atoms. The van der Waals surface area contributed by atoms with Crippen molar-refractivity contribution in [2.24, 2.45) is 5.92 Å². The van der Waals surface area contributed by atoms with Crippen molar-refractivity contribution < 1.29 is 9.47 Å². The van der Waals surface area contributed by atoms with Gasteiger partial charge < -0.3 is 14.8 Å². The molecule has 1 aromatic heterocycles. The minimum atomic E-state index is 0.619. The maximum absolute atomic E-state index is 5.38. The third-order valence-corrected chi connectivity index (χ3v) is 2.54. The van der Waals surface area contributed by atoms with Crippen LogP contribution in [0.15, 0.2) is 12.4 Å². The highest BCUT2D eigenvalue weighted by Crippen LogP contribution is 1.98. The van der Waals surface area contributed by atoms with Crippen molar-refractivity contribution in [2.45, 2.75) is 26.8 Å². The second-order valence-electron chi connectivity index (χ2n) is 4.89. The van der Waals surface area contributed by atoms with Crippen molar-refractivity contribution in [3.05, 3.63) is 23.8 Å². The molecule has 108 valence electrons. The van der Waals surface area contributed by atoms with E-state index in [0.717, 1.165) is 30.9 Å². The molecule has 0 atom stereocenters. The van der Waals surface area contributed by atoms with E-state index in [9.17, 15) is 0 Å². The number of hydrogen-bond acceptors (Lipinski definition) is 5. The Bertz CT molecular complexity index is 328. The lowest BCUT2D eigenvalue weighted by molar-refractivity contribution is 0.0716. The largest absolute Gasteiger partial charge is 0.382 e. The zero-order chi connectivity index (χ0) is 13.9. The van der Waals surface area contributed by atoms with Crippen LogP contribution in [0.4, 0.5) is 0 Å². The van der Waals surface area contributed by atoms with Gasteiger partial charge in [0.2, 0.25) is 0 Å². The van der Waals surface area contributed by atoms with E-state index in [2.05, 4.69) is 29.1 Å². The molecule has 1 heterocycles. The van der Waals surface area contributed by atoms with Gasteiger partial charge >= 0.3 is 0 Å². The summed E-state index contributed by atoms with van der Waals surface area (Å²) in [5.41, 5.74) is 1.12. The van der Waals surface area contributed by atoms with Crippen molar-refractivity contribution in [1.82, 2.24) is 15.3 Å². The molecule has 0 saturated heterocycles. The van der Waals surface area contributed by atoms with E-state index in [-0.39, 0.29) is 0 Å². The lowest BCUT2D eigenvalue weighted by atomic mass is 10.2. The lowest BCUT2D eigenvalue weighted by Crippen LogP contribution is -2.19. The molecular formula is C14H25N3O2. The summed E-state index contributed by atoms with van der Waals surface area (Å²) >= 11 is 0. The van der Waals surface area contributed by atoms with Gasteiger partial charge in [-0.05, 0) is 12.5 Å². The summed E-state index contributed by atoms with van der Waals surface area (Å²) < 4.78 is 10.3. The van der Waals surface area contributed by atoms with Crippen LogP contribution in [0.5, 0.6) is 0 Å². The fourth-order valence-electron chi connectivity index (χ4n) is 1.51. The Morgan fingerprint density at radius 3 is 2.53 bits per heavy atom. The highest BCUT2D eigenvalue weighted by atomic mass is 16.5. The first kappa shape index (κ1) is 16.0. The van der Waals surface area contributed by atoms with E-state index in [1.165, 1.54) is 0 Å². The highest BCUT2D eigenvalue weighted by molar-refractivity contribution is 5.04. The molecule has 1 rings (SSSR count). The van der Waals surface area contributed by atoms with Crippen LogP contribution in [0.1, 0.15) is 25.2 Å². The molecule has 0 unspecified atom stereocenters. The summed E-state index contributed by atoms with van der Waals surface area (Å²) in [6, 6.07) is 0. The topological polar surface area (TPSA) is 56.3 Å². The van der Waals surface area contributed by atoms with E-state index in [1.54, 1.807) is 7.11 Å². The highest BCUT2D eigenvalue weighted by Gasteiger charge is 1.99. The van der Waals surface area contributed by atoms with Crippen molar-refractivity contribution in [3.63, 3.8) is 0 Å². The van der Waals surface area contributed by atoms with Crippen LogP contribution in [-0.2, 0) is 22.4 Å². The quantitative estimate of drug-likeness (QED) is 0.650. The molecule has 0 aliphatic heterocycles. The van der Waals surface area contributed by atoms with Gasteiger partial charge in [0.25, 0.3) is 0 Å². The number of rotatable bonds is 10. The van der Waals surface area contributed by atoms with Gasteiger partial charge in [0.1, 0.15) is 5.82 Å². The maximum Gasteiger partial charge on any atom is 0.130 e. The molecule has 5 heteroatoms. The van der Waals surface area contributed by atoms with Crippen molar-refractivity contribution in [2.75, 3.05) is 33.5 Å². The summed E-state index contributed by atoms with van der Waals surface area (Å²) in [6.07, 6.45) is 4.50. The molecule has 0 aliphatic carbocycles. The third-order valence-electron chi connectivity index (χ3n) is 2.54. The van der Waals surface area contributed by atoms with Crippen LogP contribution < -0.4 is 5.32 Å². The van der Waals surface area contributed by atoms with E-state index >= 15 is 0 Å². The molecule has 5 nitrogen and oxygen atoms in total. The maximum atomic E-state index is 5.38. The molecule has 0 spiro atoms. The minimum Gasteiger partial charge on any atom is -0.382 e. The summed E-state index contributed by atoms with van der Waals surface area (Å²) in [5, 5.41) is 3.37. The van der Waals surface area contributed by atoms with Crippen LogP contribution >= 0.6 is 0 Å². The predicted molar refractivity (Wildman–Crippen MR) is 75.0 cm³/mol. The Balaban J connectivity index is 2.19. The molecule has 0 aliphatic rings. The third kappa shape index (κ3) is 7.87. The van der Waals surface area contributed by atoms with Gasteiger partial charge in [-0.2, -0.15) is 0 Å². The molecule has 1 aromatic rings. The molecule has 0 bridgehead atoms. The van der Waals surface area contributed by atoms with E-state index in [1.807, 2.05) is 12.4 Å². The van der Waals surface area contributed by atoms with Gasteiger partial charge in [-0.3, -0.25) is 0 Å². The van der Waals surface area contributed by atoms with Crippen LogP contribution in [0.3, 0.4) is 0 Å². The number of ether oxygens (including phenoxy) is 2. The molecular weight excluding hydrogens is 242 g/mol. The summed E-state index contributed by atoms with van der Waals surface area (Å²) in [7, 11) is 1.67. The van der Waals surface area contributed by atoms with E-state index in [0.29, 0.717) is 25.7 Å². The number of nitrogens with one attached hydrogen (secondary N) is 1. The second kappa shape index (κ2) is 9.83. The van der Waals surface area contributed by atoms with Gasteiger partial charge in [-0.1, -0.05) is 13.8 Å². The predicted octanol–water partition coefficient (Wildman–Crippen LogP) is 1.43. The fourth-order valence-corrected chi connectivity index (χ4v) is 1.51. The Hall–Kier alpha value is -1.04. The minimum absolute atomic E-state index is 0.619. The fraction of sp³-hybridized carbons (Fsp3) is 0.714. The van der Waals surface area contributed by atoms with Crippen molar-refractivity contribution >= 4 is 0 Å². The number of nitrogens with zero attached hydrogens (tertiary/aromatic N) is 2. The number of methoxy groups -OCH3 is 1. The smallest absolute Gasteiger partial charge is 0.130 e. The first-order valence-electron chi connectivity index (χ1n) is 6.79. The molecule has 0 fully saturated rings. The average Bonchev–Trinajstić information content (AvgIpc) is 2.40. The van der Waals surface area contributed by atoms with Crippen molar-refractivity contribution in [3.8, 4) is 0 Å². The van der Waals surface area contributed by atoms with Crippen molar-refractivity contribution in [1.29, 1.82) is 0 Å². The summed E-state index contributed by atoms with van der Waals surface area (Å²) in [4.78, 5) is 8.66. The van der Waals surface area contributed by atoms with Crippen LogP contribution in [0.25, 0.3) is 0 Å². The zero-order valence-electron chi connectivity index (χ0n) is 12.2. The first-order chi connectivity index (χ1) is 9.22. The lowest BCUT2D eigenvalue weighted by Gasteiger charge is -2.07. The monoisotopic (exact) mass is 267 g/mol. The first-order valence-corrected chi connectivity index (χ1v) is 6.79. The molecule has 1 N–H and O–H groups in total. The number of hydrogen-bond donors (Lipinski definition) is 1. The molecule has 0 amide bonds. The molecule has 0 aromatic carbocycles. The Morgan fingerprint density at radius 1 is 1.16 bits per heavy atom. The summed E-state index contributed by atoms with van der Waals surface area (Å²) in [6.45, 7) is 8.09. The molecule has 0 radical (unpaired) electrons. The Kier molecular flexibility index (Phi) is 8.29. The van der Waals surface area contributed by atoms with E-state index in [4.69, 9.17) is 9.47 Å². The van der Waals surface area contributed by atoms with Crippen LogP contribution in [-0.4, -0.2) is 43.4 Å². The zero-order valence-corrected chi connectivity index (χ0v) is 12.2. The normalized spacial score (nSPS) is 11.2. The molecule has 0 saturated carbocycles. The number of aromatic nitrogens is 2. The average molecular weight is 267 g/mol. The van der Waals surface area contributed by atoms with Gasteiger partial charge in [-0.25, -0.2) is 9.97 Å². The van der Waals surface area contributed by atoms with Crippen LogP contribution in [0, 0.1) is 5.92 Å². The van der Waals surface area contributed by atoms with Gasteiger partial charge in [0, 0.05) is 38.0 Å².